The molecule has 0 heterocycles. The second kappa shape index (κ2) is 8.71. The third kappa shape index (κ3) is 5.23. The number of hydrogen-bond acceptors (Lipinski definition) is 4. The molecule has 0 spiro atoms. The van der Waals surface area contributed by atoms with Crippen molar-refractivity contribution in [3.05, 3.63) is 53.6 Å². The van der Waals surface area contributed by atoms with Gasteiger partial charge in [0.1, 0.15) is 10.6 Å². The van der Waals surface area contributed by atoms with Crippen LogP contribution in [0.4, 0.5) is 5.69 Å². The van der Waals surface area contributed by atoms with E-state index in [-0.39, 0.29) is 16.1 Å². The van der Waals surface area contributed by atoms with Gasteiger partial charge in [-0.05, 0) is 55.3 Å². The average molecular weight is 377 g/mol. The Morgan fingerprint density at radius 3 is 2.42 bits per heavy atom. The highest BCUT2D eigenvalue weighted by Gasteiger charge is 2.20. The Labute approximate surface area is 153 Å². The molecule has 0 saturated heterocycles. The highest BCUT2D eigenvalue weighted by Crippen LogP contribution is 2.27. The predicted molar refractivity (Wildman–Crippen MR) is 100 cm³/mol. The number of rotatable bonds is 9. The average Bonchev–Trinajstić information content (AvgIpc) is 2.58. The van der Waals surface area contributed by atoms with Gasteiger partial charge in [0.2, 0.25) is 0 Å². The second-order valence-corrected chi connectivity index (χ2v) is 7.64. The molecule has 0 aliphatic carbocycles. The molecule has 140 valence electrons. The Bertz CT molecular complexity index is 860. The van der Waals surface area contributed by atoms with Crippen molar-refractivity contribution in [1.82, 2.24) is 0 Å². The summed E-state index contributed by atoms with van der Waals surface area (Å²) in [6.07, 6.45) is 2.92. The van der Waals surface area contributed by atoms with Gasteiger partial charge in [0.05, 0.1) is 12.2 Å². The summed E-state index contributed by atoms with van der Waals surface area (Å²) in [6, 6.07) is 10.4. The van der Waals surface area contributed by atoms with Gasteiger partial charge in [-0.1, -0.05) is 25.8 Å². The second-order valence-electron chi connectivity index (χ2n) is 5.99. The van der Waals surface area contributed by atoms with E-state index in [1.165, 1.54) is 30.3 Å². The van der Waals surface area contributed by atoms with Gasteiger partial charge in [-0.3, -0.25) is 4.72 Å². The van der Waals surface area contributed by atoms with Gasteiger partial charge < -0.3 is 9.84 Å². The number of nitrogens with one attached hydrogen (secondary N) is 1. The van der Waals surface area contributed by atoms with E-state index < -0.39 is 16.0 Å². The molecule has 0 aliphatic rings. The summed E-state index contributed by atoms with van der Waals surface area (Å²) in [5.41, 5.74) is 1.27. The Kier molecular flexibility index (Phi) is 6.63. The smallest absolute Gasteiger partial charge is 0.335 e. The fourth-order valence-corrected chi connectivity index (χ4v) is 3.56. The van der Waals surface area contributed by atoms with Crippen LogP contribution in [-0.2, 0) is 10.0 Å². The van der Waals surface area contributed by atoms with Crippen LogP contribution in [0.25, 0.3) is 0 Å². The lowest BCUT2D eigenvalue weighted by molar-refractivity contribution is 0.0697. The number of carboxylic acids is 1. The fourth-order valence-electron chi connectivity index (χ4n) is 2.38. The summed E-state index contributed by atoms with van der Waals surface area (Å²) >= 11 is 0. The van der Waals surface area contributed by atoms with Crippen molar-refractivity contribution in [3.8, 4) is 5.75 Å². The monoisotopic (exact) mass is 377 g/mol. The largest absolute Gasteiger partial charge is 0.492 e. The van der Waals surface area contributed by atoms with E-state index >= 15 is 0 Å². The van der Waals surface area contributed by atoms with Gasteiger partial charge in [0.25, 0.3) is 10.0 Å². The number of aromatic carboxylic acids is 1. The molecule has 0 bridgehead atoms. The number of carbonyl (C=O) groups is 1. The maximum Gasteiger partial charge on any atom is 0.335 e. The van der Waals surface area contributed by atoms with E-state index in [1.54, 1.807) is 12.1 Å². The molecule has 0 atom stereocenters. The molecule has 2 aromatic carbocycles. The van der Waals surface area contributed by atoms with Gasteiger partial charge in [-0.15, -0.1) is 0 Å². The van der Waals surface area contributed by atoms with Crippen LogP contribution >= 0.6 is 0 Å². The molecule has 0 saturated carbocycles. The van der Waals surface area contributed by atoms with Crippen LogP contribution < -0.4 is 9.46 Å². The number of sulfonamides is 1. The molecule has 0 aliphatic heterocycles. The van der Waals surface area contributed by atoms with Crippen molar-refractivity contribution in [1.29, 1.82) is 0 Å². The molecular formula is C19H23NO5S. The van der Waals surface area contributed by atoms with Gasteiger partial charge in [-0.2, -0.15) is 0 Å². The topological polar surface area (TPSA) is 92.7 Å². The number of carboxylic acid groups (broad SMARTS) is 1. The molecule has 0 fully saturated rings. The minimum Gasteiger partial charge on any atom is -0.492 e. The fraction of sp³-hybridized carbons (Fsp3) is 0.316. The first-order valence-electron chi connectivity index (χ1n) is 8.43. The molecule has 2 aromatic rings. The Balaban J connectivity index is 2.23. The summed E-state index contributed by atoms with van der Waals surface area (Å²) in [7, 11) is -3.86. The Hall–Kier alpha value is -2.54. The molecule has 7 heteroatoms. The number of unbranched alkanes of at least 4 members (excludes halogenated alkanes) is 2. The third-order valence-electron chi connectivity index (χ3n) is 3.78. The van der Waals surface area contributed by atoms with Crippen LogP contribution in [0.5, 0.6) is 5.75 Å². The van der Waals surface area contributed by atoms with Crippen molar-refractivity contribution in [2.45, 2.75) is 38.0 Å². The van der Waals surface area contributed by atoms with Gasteiger partial charge in [-0.25, -0.2) is 13.2 Å². The standard InChI is InChI=1S/C19H23NO5S/c1-3-4-5-12-25-17-13-14(2)6-11-18(17)26(23,24)20-16-9-7-15(8-10-16)19(21)22/h6-11,13,20H,3-5,12H2,1-2H3,(H,21,22). The minimum absolute atomic E-state index is 0.0573. The molecule has 2 N–H and O–H groups in total. The zero-order valence-electron chi connectivity index (χ0n) is 14.9. The van der Waals surface area contributed by atoms with Crippen LogP contribution in [0.2, 0.25) is 0 Å². The summed E-state index contributed by atoms with van der Waals surface area (Å²) in [6.45, 7) is 4.41. The van der Waals surface area contributed by atoms with E-state index in [0.29, 0.717) is 12.4 Å². The first-order chi connectivity index (χ1) is 12.3. The molecule has 6 nitrogen and oxygen atoms in total. The van der Waals surface area contributed by atoms with Crippen molar-refractivity contribution in [2.75, 3.05) is 11.3 Å². The first kappa shape index (κ1) is 19.8. The highest BCUT2D eigenvalue weighted by molar-refractivity contribution is 7.92. The Morgan fingerprint density at radius 2 is 1.81 bits per heavy atom. The minimum atomic E-state index is -3.86. The molecule has 0 amide bonds. The lowest BCUT2D eigenvalue weighted by Gasteiger charge is -2.14. The quantitative estimate of drug-likeness (QED) is 0.643. The molecule has 0 aromatic heterocycles. The molecule has 0 unspecified atom stereocenters. The highest BCUT2D eigenvalue weighted by atomic mass is 32.2. The van der Waals surface area contributed by atoms with E-state index in [4.69, 9.17) is 9.84 Å². The molecular weight excluding hydrogens is 354 g/mol. The lowest BCUT2D eigenvalue weighted by Crippen LogP contribution is -2.15. The predicted octanol–water partition coefficient (Wildman–Crippen LogP) is 4.06. The van der Waals surface area contributed by atoms with E-state index in [9.17, 15) is 13.2 Å². The number of benzene rings is 2. The number of ether oxygens (including phenoxy) is 1. The Morgan fingerprint density at radius 1 is 1.12 bits per heavy atom. The summed E-state index contributed by atoms with van der Waals surface area (Å²) in [4.78, 5) is 10.9. The SMILES string of the molecule is CCCCCOc1cc(C)ccc1S(=O)(=O)Nc1ccc(C(=O)O)cc1. The summed E-state index contributed by atoms with van der Waals surface area (Å²) in [5.74, 6) is -0.753. The van der Waals surface area contributed by atoms with E-state index in [2.05, 4.69) is 11.6 Å². The maximum atomic E-state index is 12.7. The summed E-state index contributed by atoms with van der Waals surface area (Å²) < 4.78 is 33.6. The first-order valence-corrected chi connectivity index (χ1v) is 9.91. The van der Waals surface area contributed by atoms with Crippen LogP contribution in [0, 0.1) is 6.92 Å². The molecule has 26 heavy (non-hydrogen) atoms. The van der Waals surface area contributed by atoms with Crippen LogP contribution in [0.15, 0.2) is 47.4 Å². The lowest BCUT2D eigenvalue weighted by atomic mass is 10.2. The van der Waals surface area contributed by atoms with Crippen LogP contribution in [-0.4, -0.2) is 26.1 Å². The molecule has 0 radical (unpaired) electrons. The third-order valence-corrected chi connectivity index (χ3v) is 5.20. The number of aryl methyl sites for hydroxylation is 1. The summed E-state index contributed by atoms with van der Waals surface area (Å²) in [5, 5.41) is 8.91. The normalized spacial score (nSPS) is 11.2. The zero-order valence-corrected chi connectivity index (χ0v) is 15.7. The van der Waals surface area contributed by atoms with Crippen molar-refractivity contribution < 1.29 is 23.1 Å². The van der Waals surface area contributed by atoms with Crippen LogP contribution in [0.3, 0.4) is 0 Å². The molecule has 2 rings (SSSR count). The van der Waals surface area contributed by atoms with Crippen LogP contribution in [0.1, 0.15) is 42.1 Å². The van der Waals surface area contributed by atoms with E-state index in [0.717, 1.165) is 24.8 Å². The van der Waals surface area contributed by atoms with E-state index in [1.807, 2.05) is 6.92 Å². The number of anilines is 1. The van der Waals surface area contributed by atoms with Crippen molar-refractivity contribution in [2.24, 2.45) is 0 Å². The van der Waals surface area contributed by atoms with Crippen molar-refractivity contribution in [3.63, 3.8) is 0 Å². The zero-order chi connectivity index (χ0) is 19.2. The van der Waals surface area contributed by atoms with Gasteiger partial charge >= 0.3 is 5.97 Å². The number of hydrogen-bond donors (Lipinski definition) is 2. The maximum absolute atomic E-state index is 12.7. The van der Waals surface area contributed by atoms with Gasteiger partial charge in [0, 0.05) is 5.69 Å². The van der Waals surface area contributed by atoms with Crippen molar-refractivity contribution >= 4 is 21.7 Å². The van der Waals surface area contributed by atoms with Gasteiger partial charge in [0.15, 0.2) is 0 Å².